The molecule has 1 aromatic rings. The van der Waals surface area contributed by atoms with Crippen molar-refractivity contribution in [2.75, 3.05) is 36.2 Å². The van der Waals surface area contributed by atoms with Crippen LogP contribution in [-0.2, 0) is 9.84 Å². The van der Waals surface area contributed by atoms with E-state index in [0.717, 1.165) is 18.0 Å². The van der Waals surface area contributed by atoms with Crippen LogP contribution >= 0.6 is 12.2 Å². The van der Waals surface area contributed by atoms with Crippen LogP contribution in [0.4, 0.5) is 5.69 Å². The highest BCUT2D eigenvalue weighted by Crippen LogP contribution is 2.40. The van der Waals surface area contributed by atoms with Crippen molar-refractivity contribution in [3.05, 3.63) is 18.2 Å². The SMILES string of the molecule is CC(C)CN1C(=S)N(c2ccc3c(c2)OCCO3)[C@H]2CS(=O)(=O)C[C@H]21. The van der Waals surface area contributed by atoms with Gasteiger partial charge < -0.3 is 19.3 Å². The lowest BCUT2D eigenvalue weighted by Gasteiger charge is -2.28. The predicted octanol–water partition coefficient (Wildman–Crippen LogP) is 1.69. The third-order valence-electron chi connectivity index (χ3n) is 4.84. The van der Waals surface area contributed by atoms with E-state index in [1.54, 1.807) is 0 Å². The summed E-state index contributed by atoms with van der Waals surface area (Å²) in [6.07, 6.45) is 0. The number of sulfone groups is 1. The van der Waals surface area contributed by atoms with Gasteiger partial charge in [0.2, 0.25) is 0 Å². The van der Waals surface area contributed by atoms with E-state index in [9.17, 15) is 8.42 Å². The van der Waals surface area contributed by atoms with Gasteiger partial charge in [-0.1, -0.05) is 13.8 Å². The molecule has 0 unspecified atom stereocenters. The summed E-state index contributed by atoms with van der Waals surface area (Å²) in [6.45, 7) is 6.05. The zero-order valence-corrected chi connectivity index (χ0v) is 16.0. The van der Waals surface area contributed by atoms with Gasteiger partial charge in [-0.15, -0.1) is 0 Å². The Morgan fingerprint density at radius 1 is 1.16 bits per heavy atom. The molecule has 0 aromatic heterocycles. The van der Waals surface area contributed by atoms with E-state index >= 15 is 0 Å². The number of fused-ring (bicyclic) bond motifs is 2. The van der Waals surface area contributed by atoms with E-state index < -0.39 is 9.84 Å². The first-order chi connectivity index (χ1) is 11.9. The first-order valence-corrected chi connectivity index (χ1v) is 10.8. The zero-order chi connectivity index (χ0) is 17.8. The van der Waals surface area contributed by atoms with E-state index in [4.69, 9.17) is 21.7 Å². The summed E-state index contributed by atoms with van der Waals surface area (Å²) in [7, 11) is -3.05. The maximum atomic E-state index is 12.3. The molecule has 0 spiro atoms. The Kier molecular flexibility index (Phi) is 4.07. The Hall–Kier alpha value is -1.54. The minimum Gasteiger partial charge on any atom is -0.486 e. The second-order valence-electron chi connectivity index (χ2n) is 7.24. The van der Waals surface area contributed by atoms with Crippen LogP contribution in [0.15, 0.2) is 18.2 Å². The lowest BCUT2D eigenvalue weighted by Crippen LogP contribution is -2.39. The Morgan fingerprint density at radius 3 is 2.56 bits per heavy atom. The molecule has 0 N–H and O–H groups in total. The minimum absolute atomic E-state index is 0.0758. The molecule has 25 heavy (non-hydrogen) atoms. The van der Waals surface area contributed by atoms with Crippen molar-refractivity contribution in [2.45, 2.75) is 25.9 Å². The van der Waals surface area contributed by atoms with Crippen molar-refractivity contribution >= 4 is 32.9 Å². The third kappa shape index (κ3) is 2.95. The summed E-state index contributed by atoms with van der Waals surface area (Å²) in [5, 5.41) is 0.704. The molecule has 4 rings (SSSR count). The molecule has 0 bridgehead atoms. The van der Waals surface area contributed by atoms with Crippen molar-refractivity contribution in [1.29, 1.82) is 0 Å². The van der Waals surface area contributed by atoms with Gasteiger partial charge in [-0.2, -0.15) is 0 Å². The number of benzene rings is 1. The van der Waals surface area contributed by atoms with Crippen LogP contribution in [0.3, 0.4) is 0 Å². The van der Waals surface area contributed by atoms with Crippen LogP contribution in [0, 0.1) is 5.92 Å². The molecule has 2 fully saturated rings. The number of rotatable bonds is 3. The first-order valence-electron chi connectivity index (χ1n) is 8.55. The lowest BCUT2D eigenvalue weighted by molar-refractivity contribution is 0.171. The average molecular weight is 383 g/mol. The molecule has 1 aromatic carbocycles. The molecule has 3 aliphatic heterocycles. The highest BCUT2D eigenvalue weighted by atomic mass is 32.2. The van der Waals surface area contributed by atoms with E-state index in [1.807, 2.05) is 23.1 Å². The molecule has 3 aliphatic rings. The van der Waals surface area contributed by atoms with E-state index in [0.29, 0.717) is 30.0 Å². The Balaban J connectivity index is 1.71. The molecule has 0 radical (unpaired) electrons. The fraction of sp³-hybridized carbons (Fsp3) is 0.588. The largest absolute Gasteiger partial charge is 0.486 e. The molecule has 6 nitrogen and oxygen atoms in total. The average Bonchev–Trinajstić information content (AvgIpc) is 2.98. The standard InChI is InChI=1S/C17H22N2O4S2/c1-11(2)8-18-13-9-25(20,21)10-14(13)19(17(18)24)12-3-4-15-16(7-12)23-6-5-22-15/h3-4,7,11,13-14H,5-6,8-10H2,1-2H3/t13-,14+/m1/s1. The Morgan fingerprint density at radius 2 is 1.84 bits per heavy atom. The monoisotopic (exact) mass is 382 g/mol. The van der Waals surface area contributed by atoms with Gasteiger partial charge >= 0.3 is 0 Å². The van der Waals surface area contributed by atoms with Gasteiger partial charge in [0, 0.05) is 18.3 Å². The predicted molar refractivity (Wildman–Crippen MR) is 100 cm³/mol. The van der Waals surface area contributed by atoms with E-state index in [-0.39, 0.29) is 23.6 Å². The second-order valence-corrected chi connectivity index (χ2v) is 9.76. The quantitative estimate of drug-likeness (QED) is 0.737. The van der Waals surface area contributed by atoms with Crippen molar-refractivity contribution in [3.63, 3.8) is 0 Å². The number of ether oxygens (including phenoxy) is 2. The molecule has 136 valence electrons. The number of hydrogen-bond acceptors (Lipinski definition) is 5. The van der Waals surface area contributed by atoms with Crippen LogP contribution in [0.2, 0.25) is 0 Å². The van der Waals surface area contributed by atoms with Crippen LogP contribution in [0.5, 0.6) is 11.5 Å². The number of anilines is 1. The van der Waals surface area contributed by atoms with Crippen LogP contribution < -0.4 is 14.4 Å². The molecular formula is C17H22N2O4S2. The Bertz CT molecular complexity index is 809. The van der Waals surface area contributed by atoms with Crippen molar-refractivity contribution in [2.24, 2.45) is 5.92 Å². The topological polar surface area (TPSA) is 59.1 Å². The van der Waals surface area contributed by atoms with Crippen LogP contribution in [0.25, 0.3) is 0 Å². The fourth-order valence-electron chi connectivity index (χ4n) is 3.87. The smallest absolute Gasteiger partial charge is 0.176 e. The number of thiocarbonyl (C=S) groups is 1. The highest BCUT2D eigenvalue weighted by molar-refractivity contribution is 7.91. The lowest BCUT2D eigenvalue weighted by atomic mass is 10.1. The van der Waals surface area contributed by atoms with Gasteiger partial charge in [0.05, 0.1) is 23.6 Å². The van der Waals surface area contributed by atoms with Crippen LogP contribution in [0.1, 0.15) is 13.8 Å². The number of nitrogens with zero attached hydrogens (tertiary/aromatic N) is 2. The second kappa shape index (κ2) is 6.02. The summed E-state index contributed by atoms with van der Waals surface area (Å²) in [4.78, 5) is 4.08. The van der Waals surface area contributed by atoms with Crippen molar-refractivity contribution < 1.29 is 17.9 Å². The minimum atomic E-state index is -3.05. The van der Waals surface area contributed by atoms with Crippen molar-refractivity contribution in [3.8, 4) is 11.5 Å². The maximum Gasteiger partial charge on any atom is 0.176 e. The molecule has 0 aliphatic carbocycles. The summed E-state index contributed by atoms with van der Waals surface area (Å²) in [6, 6.07) is 5.49. The third-order valence-corrected chi connectivity index (χ3v) is 6.97. The van der Waals surface area contributed by atoms with Gasteiger partial charge in [0.15, 0.2) is 26.4 Å². The van der Waals surface area contributed by atoms with Crippen LogP contribution in [-0.4, -0.2) is 61.8 Å². The summed E-state index contributed by atoms with van der Waals surface area (Å²) in [5.41, 5.74) is 0.868. The van der Waals surface area contributed by atoms with Gasteiger partial charge in [-0.3, -0.25) is 0 Å². The first kappa shape index (κ1) is 16.9. The number of hydrogen-bond donors (Lipinski definition) is 0. The zero-order valence-electron chi connectivity index (χ0n) is 14.3. The molecule has 2 atom stereocenters. The van der Waals surface area contributed by atoms with Gasteiger partial charge in [0.25, 0.3) is 0 Å². The summed E-state index contributed by atoms with van der Waals surface area (Å²) >= 11 is 5.73. The molecule has 3 heterocycles. The van der Waals surface area contributed by atoms with Gasteiger partial charge in [-0.25, -0.2) is 8.42 Å². The van der Waals surface area contributed by atoms with E-state index in [1.165, 1.54) is 0 Å². The van der Waals surface area contributed by atoms with Gasteiger partial charge in [0.1, 0.15) is 13.2 Å². The molecular weight excluding hydrogens is 360 g/mol. The molecule has 2 saturated heterocycles. The van der Waals surface area contributed by atoms with Gasteiger partial charge in [-0.05, 0) is 30.3 Å². The molecule has 0 amide bonds. The van der Waals surface area contributed by atoms with Crippen molar-refractivity contribution in [1.82, 2.24) is 4.90 Å². The maximum absolute atomic E-state index is 12.3. The molecule has 8 heteroatoms. The fourth-order valence-corrected chi connectivity index (χ4v) is 6.27. The Labute approximate surface area is 153 Å². The normalized spacial score (nSPS) is 27.1. The van der Waals surface area contributed by atoms with E-state index in [2.05, 4.69) is 18.7 Å². The molecule has 0 saturated carbocycles. The summed E-state index contributed by atoms with van der Waals surface area (Å²) in [5.74, 6) is 2.12. The summed E-state index contributed by atoms with van der Waals surface area (Å²) < 4.78 is 35.8. The highest BCUT2D eigenvalue weighted by Gasteiger charge is 2.52.